The Hall–Kier alpha value is -0.0800. The highest BCUT2D eigenvalue weighted by Crippen LogP contribution is 2.12. The third-order valence-corrected chi connectivity index (χ3v) is 2.23. The number of hydrogen-bond acceptors (Lipinski definition) is 2. The van der Waals surface area contributed by atoms with Gasteiger partial charge in [0.2, 0.25) is 0 Å². The number of rotatable bonds is 0. The van der Waals surface area contributed by atoms with E-state index in [2.05, 4.69) is 18.9 Å². The van der Waals surface area contributed by atoms with Crippen molar-refractivity contribution in [2.75, 3.05) is 13.6 Å². The van der Waals surface area contributed by atoms with Gasteiger partial charge in [-0.25, -0.2) is 0 Å². The van der Waals surface area contributed by atoms with Crippen LogP contribution < -0.4 is 5.73 Å². The van der Waals surface area contributed by atoms with Gasteiger partial charge in [0.1, 0.15) is 0 Å². The lowest BCUT2D eigenvalue weighted by molar-refractivity contribution is 0.182. The summed E-state index contributed by atoms with van der Waals surface area (Å²) in [7, 11) is 2.14. The predicted octanol–water partition coefficient (Wildman–Crippen LogP) is 0.428. The van der Waals surface area contributed by atoms with Gasteiger partial charge in [-0.3, -0.25) is 0 Å². The number of nitrogens with zero attached hydrogens (tertiary/aromatic N) is 1. The van der Waals surface area contributed by atoms with Gasteiger partial charge in [0.25, 0.3) is 0 Å². The highest BCUT2D eigenvalue weighted by atomic mass is 15.1. The Bertz CT molecular complexity index is 92.9. The first-order valence-corrected chi connectivity index (χ1v) is 3.66. The van der Waals surface area contributed by atoms with Crippen molar-refractivity contribution in [3.05, 3.63) is 0 Å². The zero-order chi connectivity index (χ0) is 6.85. The molecule has 0 aromatic heterocycles. The molecule has 0 aliphatic carbocycles. The molecule has 2 atom stereocenters. The highest BCUT2D eigenvalue weighted by Gasteiger charge is 2.18. The van der Waals surface area contributed by atoms with E-state index in [1.165, 1.54) is 12.8 Å². The van der Waals surface area contributed by atoms with E-state index >= 15 is 0 Å². The Labute approximate surface area is 57.0 Å². The number of hydrogen-bond donors (Lipinski definition) is 1. The summed E-state index contributed by atoms with van der Waals surface area (Å²) in [4.78, 5) is 2.33. The van der Waals surface area contributed by atoms with Crippen LogP contribution >= 0.6 is 0 Å². The molecule has 1 aliphatic heterocycles. The molecule has 1 aliphatic rings. The van der Waals surface area contributed by atoms with Crippen molar-refractivity contribution in [2.24, 2.45) is 5.73 Å². The summed E-state index contributed by atoms with van der Waals surface area (Å²) in [5.41, 5.74) is 5.75. The summed E-state index contributed by atoms with van der Waals surface area (Å²) >= 11 is 0. The Balaban J connectivity index is 2.35. The van der Waals surface area contributed by atoms with E-state index in [9.17, 15) is 0 Å². The minimum atomic E-state index is 0.422. The van der Waals surface area contributed by atoms with E-state index in [4.69, 9.17) is 5.73 Å². The molecule has 2 N–H and O–H groups in total. The average Bonchev–Trinajstić information content (AvgIpc) is 1.80. The van der Waals surface area contributed by atoms with Crippen LogP contribution in [0.5, 0.6) is 0 Å². The van der Waals surface area contributed by atoms with Crippen LogP contribution in [0.15, 0.2) is 0 Å². The van der Waals surface area contributed by atoms with Crippen molar-refractivity contribution in [3.8, 4) is 0 Å². The van der Waals surface area contributed by atoms with E-state index < -0.39 is 0 Å². The van der Waals surface area contributed by atoms with Crippen LogP contribution in [0.2, 0.25) is 0 Å². The van der Waals surface area contributed by atoms with Crippen molar-refractivity contribution in [1.29, 1.82) is 0 Å². The molecule has 1 saturated heterocycles. The zero-order valence-electron chi connectivity index (χ0n) is 6.30. The van der Waals surface area contributed by atoms with Gasteiger partial charge >= 0.3 is 0 Å². The van der Waals surface area contributed by atoms with E-state index in [0.717, 1.165) is 12.6 Å². The number of nitrogens with two attached hydrogens (primary N) is 1. The van der Waals surface area contributed by atoms with Gasteiger partial charge in [0.05, 0.1) is 0 Å². The normalized spacial score (nSPS) is 39.0. The molecule has 2 nitrogen and oxygen atoms in total. The maximum atomic E-state index is 5.75. The van der Waals surface area contributed by atoms with Crippen LogP contribution in [0.4, 0.5) is 0 Å². The number of likely N-dealkylation sites (N-methyl/N-ethyl adjacent to an activating group) is 1. The second-order valence-electron chi connectivity index (χ2n) is 3.13. The van der Waals surface area contributed by atoms with Crippen LogP contribution in [0, 0.1) is 0 Å². The average molecular weight is 128 g/mol. The fourth-order valence-electron chi connectivity index (χ4n) is 1.32. The summed E-state index contributed by atoms with van der Waals surface area (Å²) < 4.78 is 0. The van der Waals surface area contributed by atoms with Gasteiger partial charge in [-0.2, -0.15) is 0 Å². The van der Waals surface area contributed by atoms with Gasteiger partial charge in [-0.1, -0.05) is 0 Å². The standard InChI is InChI=1S/C7H16N2/c1-6-3-4-7(8)5-9(6)2/h6-7H,3-5,8H2,1-2H3/t6-,7-/m0/s1. The van der Waals surface area contributed by atoms with Crippen molar-refractivity contribution >= 4 is 0 Å². The number of likely N-dealkylation sites (tertiary alicyclic amines) is 1. The molecule has 1 rings (SSSR count). The Morgan fingerprint density at radius 2 is 2.11 bits per heavy atom. The molecule has 54 valence electrons. The van der Waals surface area contributed by atoms with Crippen LogP contribution in [-0.4, -0.2) is 30.6 Å². The largest absolute Gasteiger partial charge is 0.327 e. The molecular weight excluding hydrogens is 112 g/mol. The predicted molar refractivity (Wildman–Crippen MR) is 39.3 cm³/mol. The summed E-state index contributed by atoms with van der Waals surface area (Å²) in [6, 6.07) is 1.16. The van der Waals surface area contributed by atoms with Gasteiger partial charge in [-0.15, -0.1) is 0 Å². The first-order valence-electron chi connectivity index (χ1n) is 3.66. The van der Waals surface area contributed by atoms with Gasteiger partial charge in [0, 0.05) is 18.6 Å². The van der Waals surface area contributed by atoms with Gasteiger partial charge in [0.15, 0.2) is 0 Å². The number of piperidine rings is 1. The topological polar surface area (TPSA) is 29.3 Å². The molecule has 1 heterocycles. The molecule has 0 saturated carbocycles. The molecule has 0 spiro atoms. The van der Waals surface area contributed by atoms with Crippen LogP contribution in [-0.2, 0) is 0 Å². The molecule has 0 bridgehead atoms. The lowest BCUT2D eigenvalue weighted by Gasteiger charge is -2.33. The molecule has 2 heteroatoms. The fraction of sp³-hybridized carbons (Fsp3) is 1.00. The first kappa shape index (κ1) is 7.03. The molecule has 0 unspecified atom stereocenters. The third-order valence-electron chi connectivity index (χ3n) is 2.23. The molecule has 0 radical (unpaired) electrons. The SMILES string of the molecule is C[C@H]1CC[C@H](N)CN1C. The maximum absolute atomic E-state index is 5.75. The Morgan fingerprint density at radius 1 is 1.44 bits per heavy atom. The summed E-state index contributed by atoms with van der Waals surface area (Å²) in [6.45, 7) is 3.33. The summed E-state index contributed by atoms with van der Waals surface area (Å²) in [5.74, 6) is 0. The van der Waals surface area contributed by atoms with Crippen LogP contribution in [0.3, 0.4) is 0 Å². The van der Waals surface area contributed by atoms with E-state index in [1.807, 2.05) is 0 Å². The van der Waals surface area contributed by atoms with E-state index in [-0.39, 0.29) is 0 Å². The Kier molecular flexibility index (Phi) is 2.09. The quantitative estimate of drug-likeness (QED) is 0.512. The minimum absolute atomic E-state index is 0.422. The minimum Gasteiger partial charge on any atom is -0.327 e. The molecule has 0 aromatic carbocycles. The monoisotopic (exact) mass is 128 g/mol. The molecule has 1 fully saturated rings. The molecular formula is C7H16N2. The molecule has 0 aromatic rings. The third kappa shape index (κ3) is 1.66. The van der Waals surface area contributed by atoms with Crippen molar-refractivity contribution < 1.29 is 0 Å². The second kappa shape index (κ2) is 2.67. The van der Waals surface area contributed by atoms with Crippen molar-refractivity contribution in [3.63, 3.8) is 0 Å². The lowest BCUT2D eigenvalue weighted by Crippen LogP contribution is -2.45. The maximum Gasteiger partial charge on any atom is 0.0168 e. The molecule has 9 heavy (non-hydrogen) atoms. The lowest BCUT2D eigenvalue weighted by atomic mass is 10.0. The highest BCUT2D eigenvalue weighted by molar-refractivity contribution is 4.77. The van der Waals surface area contributed by atoms with Crippen LogP contribution in [0.25, 0.3) is 0 Å². The smallest absolute Gasteiger partial charge is 0.0168 e. The molecule has 0 amide bonds. The summed E-state index contributed by atoms with van der Waals surface area (Å²) in [6.07, 6.45) is 2.46. The first-order chi connectivity index (χ1) is 4.20. The van der Waals surface area contributed by atoms with E-state index in [0.29, 0.717) is 6.04 Å². The fourth-order valence-corrected chi connectivity index (χ4v) is 1.32. The zero-order valence-corrected chi connectivity index (χ0v) is 6.30. The summed E-state index contributed by atoms with van der Waals surface area (Å²) in [5, 5.41) is 0. The van der Waals surface area contributed by atoms with Gasteiger partial charge in [-0.05, 0) is 26.8 Å². The van der Waals surface area contributed by atoms with E-state index in [1.54, 1.807) is 0 Å². The van der Waals surface area contributed by atoms with Crippen molar-refractivity contribution in [2.45, 2.75) is 31.8 Å². The van der Waals surface area contributed by atoms with Crippen LogP contribution in [0.1, 0.15) is 19.8 Å². The second-order valence-corrected chi connectivity index (χ2v) is 3.13. The van der Waals surface area contributed by atoms with Gasteiger partial charge < -0.3 is 10.6 Å². The Morgan fingerprint density at radius 3 is 2.56 bits per heavy atom. The van der Waals surface area contributed by atoms with Crippen molar-refractivity contribution in [1.82, 2.24) is 4.90 Å².